The van der Waals surface area contributed by atoms with Crippen LogP contribution in [-0.4, -0.2) is 27.5 Å². The zero-order valence-electron chi connectivity index (χ0n) is 17.0. The SMILES string of the molecule is CCn1c(C)cc(C(=O)COC(=O)c2cc(C)n(Cc3ccco3)c2C)c1C. The van der Waals surface area contributed by atoms with E-state index in [0.717, 1.165) is 35.1 Å². The van der Waals surface area contributed by atoms with E-state index in [2.05, 4.69) is 4.57 Å². The zero-order chi connectivity index (χ0) is 20.4. The van der Waals surface area contributed by atoms with Crippen LogP contribution in [0, 0.1) is 27.7 Å². The first-order valence-electron chi connectivity index (χ1n) is 9.39. The van der Waals surface area contributed by atoms with Crippen molar-refractivity contribution in [3.8, 4) is 0 Å². The number of esters is 1. The van der Waals surface area contributed by atoms with Gasteiger partial charge in [0.25, 0.3) is 0 Å². The van der Waals surface area contributed by atoms with Crippen LogP contribution in [-0.2, 0) is 17.8 Å². The third-order valence-electron chi connectivity index (χ3n) is 5.21. The molecule has 3 aromatic rings. The van der Waals surface area contributed by atoms with Gasteiger partial charge in [-0.3, -0.25) is 4.79 Å². The molecule has 148 valence electrons. The van der Waals surface area contributed by atoms with Gasteiger partial charge in [0.05, 0.1) is 18.4 Å². The molecule has 0 aliphatic heterocycles. The van der Waals surface area contributed by atoms with Crippen molar-refractivity contribution in [1.82, 2.24) is 9.13 Å². The van der Waals surface area contributed by atoms with Crippen molar-refractivity contribution in [3.05, 3.63) is 70.2 Å². The summed E-state index contributed by atoms with van der Waals surface area (Å²) in [5.74, 6) is 0.130. The van der Waals surface area contributed by atoms with Gasteiger partial charge in [-0.05, 0) is 58.9 Å². The van der Waals surface area contributed by atoms with Crippen LogP contribution in [0.2, 0.25) is 0 Å². The number of Topliss-reactive ketones (excluding diaryl/α,β-unsaturated/α-hetero) is 1. The Balaban J connectivity index is 1.71. The van der Waals surface area contributed by atoms with Crippen LogP contribution in [0.1, 0.15) is 56.2 Å². The summed E-state index contributed by atoms with van der Waals surface area (Å²) >= 11 is 0. The molecule has 0 spiro atoms. The topological polar surface area (TPSA) is 66.4 Å². The maximum absolute atomic E-state index is 12.6. The summed E-state index contributed by atoms with van der Waals surface area (Å²) < 4.78 is 14.8. The Bertz CT molecular complexity index is 1010. The second kappa shape index (κ2) is 7.92. The minimum Gasteiger partial charge on any atom is -0.467 e. The minimum absolute atomic E-state index is 0.189. The van der Waals surface area contributed by atoms with E-state index in [0.29, 0.717) is 17.7 Å². The van der Waals surface area contributed by atoms with E-state index in [1.807, 2.05) is 57.4 Å². The summed E-state index contributed by atoms with van der Waals surface area (Å²) in [4.78, 5) is 25.1. The number of nitrogens with zero attached hydrogens (tertiary/aromatic N) is 2. The molecular formula is C22H26N2O4. The first kappa shape index (κ1) is 19.7. The molecular weight excluding hydrogens is 356 g/mol. The third-order valence-corrected chi connectivity index (χ3v) is 5.21. The fourth-order valence-electron chi connectivity index (χ4n) is 3.67. The molecule has 0 saturated heterocycles. The molecule has 6 nitrogen and oxygen atoms in total. The van der Waals surface area contributed by atoms with E-state index in [4.69, 9.17) is 9.15 Å². The van der Waals surface area contributed by atoms with Gasteiger partial charge < -0.3 is 18.3 Å². The Labute approximate surface area is 164 Å². The highest BCUT2D eigenvalue weighted by atomic mass is 16.5. The molecule has 3 heterocycles. The first-order chi connectivity index (χ1) is 13.3. The number of ketones is 1. The smallest absolute Gasteiger partial charge is 0.340 e. The molecule has 0 bridgehead atoms. The Hall–Kier alpha value is -3.02. The monoisotopic (exact) mass is 382 g/mol. The predicted molar refractivity (Wildman–Crippen MR) is 106 cm³/mol. The van der Waals surface area contributed by atoms with E-state index in [1.165, 1.54) is 0 Å². The van der Waals surface area contributed by atoms with Crippen LogP contribution in [0.3, 0.4) is 0 Å². The average molecular weight is 382 g/mol. The van der Waals surface area contributed by atoms with Gasteiger partial charge in [-0.2, -0.15) is 0 Å². The Kier molecular flexibility index (Phi) is 5.58. The van der Waals surface area contributed by atoms with Crippen LogP contribution in [0.25, 0.3) is 0 Å². The van der Waals surface area contributed by atoms with Gasteiger partial charge in [0.2, 0.25) is 5.78 Å². The highest BCUT2D eigenvalue weighted by Crippen LogP contribution is 2.19. The normalized spacial score (nSPS) is 11.0. The second-order valence-electron chi connectivity index (χ2n) is 6.98. The highest BCUT2D eigenvalue weighted by Gasteiger charge is 2.21. The van der Waals surface area contributed by atoms with E-state index in [-0.39, 0.29) is 12.4 Å². The van der Waals surface area contributed by atoms with E-state index in [9.17, 15) is 9.59 Å². The molecule has 0 aliphatic carbocycles. The molecule has 0 saturated carbocycles. The fraction of sp³-hybridized carbons (Fsp3) is 0.364. The number of aromatic nitrogens is 2. The van der Waals surface area contributed by atoms with Crippen molar-refractivity contribution in [2.75, 3.05) is 6.61 Å². The molecule has 3 rings (SSSR count). The largest absolute Gasteiger partial charge is 0.467 e. The fourth-order valence-corrected chi connectivity index (χ4v) is 3.67. The molecule has 0 aromatic carbocycles. The van der Waals surface area contributed by atoms with Crippen molar-refractivity contribution in [2.45, 2.75) is 47.7 Å². The molecule has 0 amide bonds. The van der Waals surface area contributed by atoms with Gasteiger partial charge in [-0.15, -0.1) is 0 Å². The lowest BCUT2D eigenvalue weighted by atomic mass is 10.1. The summed E-state index contributed by atoms with van der Waals surface area (Å²) in [5, 5.41) is 0. The van der Waals surface area contributed by atoms with Crippen LogP contribution in [0.4, 0.5) is 0 Å². The number of carbonyl (C=O) groups is 2. The van der Waals surface area contributed by atoms with Gasteiger partial charge in [0.1, 0.15) is 5.76 Å². The maximum atomic E-state index is 12.6. The van der Waals surface area contributed by atoms with Crippen LogP contribution >= 0.6 is 0 Å². The summed E-state index contributed by atoms with van der Waals surface area (Å²) in [6.07, 6.45) is 1.62. The van der Waals surface area contributed by atoms with E-state index < -0.39 is 5.97 Å². The lowest BCUT2D eigenvalue weighted by molar-refractivity contribution is 0.0473. The number of hydrogen-bond acceptors (Lipinski definition) is 4. The maximum Gasteiger partial charge on any atom is 0.340 e. The van der Waals surface area contributed by atoms with Crippen LogP contribution in [0.15, 0.2) is 34.9 Å². The van der Waals surface area contributed by atoms with Gasteiger partial charge in [-0.25, -0.2) is 4.79 Å². The zero-order valence-corrected chi connectivity index (χ0v) is 17.0. The number of ether oxygens (including phenoxy) is 1. The Morgan fingerprint density at radius 3 is 2.25 bits per heavy atom. The van der Waals surface area contributed by atoms with Crippen LogP contribution in [0.5, 0.6) is 0 Å². The molecule has 0 N–H and O–H groups in total. The lowest BCUT2D eigenvalue weighted by Gasteiger charge is -2.08. The number of rotatable bonds is 7. The van der Waals surface area contributed by atoms with Crippen molar-refractivity contribution in [2.24, 2.45) is 0 Å². The summed E-state index contributed by atoms with van der Waals surface area (Å²) in [7, 11) is 0. The van der Waals surface area contributed by atoms with Crippen molar-refractivity contribution in [3.63, 3.8) is 0 Å². The van der Waals surface area contributed by atoms with E-state index in [1.54, 1.807) is 12.3 Å². The number of carbonyl (C=O) groups excluding carboxylic acids is 2. The number of furan rings is 1. The van der Waals surface area contributed by atoms with E-state index >= 15 is 0 Å². The third kappa shape index (κ3) is 3.67. The average Bonchev–Trinajstić information content (AvgIpc) is 3.35. The standard InChI is InChI=1S/C22H26N2O4/c1-6-23-14(2)10-19(16(23)4)21(25)13-28-22(26)20-11-15(3)24(17(20)5)12-18-8-7-9-27-18/h7-11H,6,12-13H2,1-5H3. The highest BCUT2D eigenvalue weighted by molar-refractivity contribution is 6.00. The van der Waals surface area contributed by atoms with Gasteiger partial charge in [0.15, 0.2) is 6.61 Å². The predicted octanol–water partition coefficient (Wildman–Crippen LogP) is 4.22. The molecule has 0 unspecified atom stereocenters. The number of aryl methyl sites for hydroxylation is 2. The van der Waals surface area contributed by atoms with Crippen LogP contribution < -0.4 is 0 Å². The summed E-state index contributed by atoms with van der Waals surface area (Å²) in [6, 6.07) is 7.36. The lowest BCUT2D eigenvalue weighted by Crippen LogP contribution is -2.15. The van der Waals surface area contributed by atoms with Crippen molar-refractivity contribution >= 4 is 11.8 Å². The van der Waals surface area contributed by atoms with Gasteiger partial charge >= 0.3 is 5.97 Å². The molecule has 0 fully saturated rings. The molecule has 0 atom stereocenters. The molecule has 28 heavy (non-hydrogen) atoms. The van der Waals surface area contributed by atoms with Gasteiger partial charge in [-0.1, -0.05) is 0 Å². The minimum atomic E-state index is -0.489. The quantitative estimate of drug-likeness (QED) is 0.453. The van der Waals surface area contributed by atoms with Crippen molar-refractivity contribution < 1.29 is 18.7 Å². The Morgan fingerprint density at radius 1 is 1.00 bits per heavy atom. The number of hydrogen-bond donors (Lipinski definition) is 0. The molecule has 0 radical (unpaired) electrons. The second-order valence-corrected chi connectivity index (χ2v) is 6.98. The molecule has 6 heteroatoms. The van der Waals surface area contributed by atoms with Gasteiger partial charge in [0, 0.05) is 34.9 Å². The Morgan fingerprint density at radius 2 is 1.64 bits per heavy atom. The summed E-state index contributed by atoms with van der Waals surface area (Å²) in [5.41, 5.74) is 4.72. The van der Waals surface area contributed by atoms with Crippen molar-refractivity contribution in [1.29, 1.82) is 0 Å². The molecule has 0 aliphatic rings. The first-order valence-corrected chi connectivity index (χ1v) is 9.39. The molecule has 3 aromatic heterocycles. The summed E-state index contributed by atoms with van der Waals surface area (Å²) in [6.45, 7) is 10.8.